The summed E-state index contributed by atoms with van der Waals surface area (Å²) in [5.41, 5.74) is 1.44. The first-order valence-electron chi connectivity index (χ1n) is 9.54. The molecule has 0 saturated heterocycles. The van der Waals surface area contributed by atoms with Crippen molar-refractivity contribution in [3.05, 3.63) is 66.2 Å². The molecule has 0 heterocycles. The van der Waals surface area contributed by atoms with Crippen molar-refractivity contribution in [1.29, 1.82) is 0 Å². The van der Waals surface area contributed by atoms with E-state index in [2.05, 4.69) is 11.9 Å². The normalized spacial score (nSPS) is 10.1. The van der Waals surface area contributed by atoms with Gasteiger partial charge in [0.05, 0.1) is 27.9 Å². The summed E-state index contributed by atoms with van der Waals surface area (Å²) in [4.78, 5) is 26.9. The summed E-state index contributed by atoms with van der Waals surface area (Å²) in [6, 6.07) is 13.0. The summed E-state index contributed by atoms with van der Waals surface area (Å²) < 4.78 is 15.8. The summed E-state index contributed by atoms with van der Waals surface area (Å²) >= 11 is 0. The van der Waals surface area contributed by atoms with E-state index in [-0.39, 0.29) is 12.5 Å². The van der Waals surface area contributed by atoms with Crippen LogP contribution < -0.4 is 19.5 Å². The molecule has 0 unspecified atom stereocenters. The SMILES string of the molecule is C=CCN(CCc1ccccc1)C(=O)CNC(=O)c1cc(OC)c(OC)c(OC)c1. The quantitative estimate of drug-likeness (QED) is 0.574. The topological polar surface area (TPSA) is 77.1 Å². The smallest absolute Gasteiger partial charge is 0.251 e. The zero-order valence-corrected chi connectivity index (χ0v) is 17.6. The van der Waals surface area contributed by atoms with Gasteiger partial charge in [-0.25, -0.2) is 0 Å². The molecule has 2 aromatic rings. The Bertz CT molecular complexity index is 842. The van der Waals surface area contributed by atoms with Crippen LogP contribution in [0.2, 0.25) is 0 Å². The van der Waals surface area contributed by atoms with Gasteiger partial charge in [-0.05, 0) is 24.1 Å². The highest BCUT2D eigenvalue weighted by Gasteiger charge is 2.18. The zero-order chi connectivity index (χ0) is 21.9. The van der Waals surface area contributed by atoms with Gasteiger partial charge >= 0.3 is 0 Å². The third kappa shape index (κ3) is 6.01. The summed E-state index contributed by atoms with van der Waals surface area (Å²) in [6.07, 6.45) is 2.39. The number of carbonyl (C=O) groups excluding carboxylic acids is 2. The molecule has 0 spiro atoms. The van der Waals surface area contributed by atoms with Crippen LogP contribution in [0.5, 0.6) is 17.2 Å². The van der Waals surface area contributed by atoms with Crippen molar-refractivity contribution in [2.75, 3.05) is 41.0 Å². The highest BCUT2D eigenvalue weighted by molar-refractivity contribution is 5.97. The molecular weight excluding hydrogens is 384 g/mol. The predicted octanol–water partition coefficient (Wildman–Crippen LogP) is 2.70. The van der Waals surface area contributed by atoms with Crippen LogP contribution in [0.25, 0.3) is 0 Å². The lowest BCUT2D eigenvalue weighted by molar-refractivity contribution is -0.129. The second kappa shape index (κ2) is 11.5. The van der Waals surface area contributed by atoms with Gasteiger partial charge in [0, 0.05) is 18.7 Å². The molecule has 0 aliphatic carbocycles. The minimum atomic E-state index is -0.413. The Kier molecular flexibility index (Phi) is 8.75. The first-order chi connectivity index (χ1) is 14.5. The van der Waals surface area contributed by atoms with Crippen LogP contribution >= 0.6 is 0 Å². The minimum Gasteiger partial charge on any atom is -0.493 e. The first kappa shape index (κ1) is 22.8. The van der Waals surface area contributed by atoms with Crippen LogP contribution in [0.4, 0.5) is 0 Å². The Morgan fingerprint density at radius 2 is 1.67 bits per heavy atom. The van der Waals surface area contributed by atoms with Gasteiger partial charge in [0.15, 0.2) is 11.5 Å². The van der Waals surface area contributed by atoms with E-state index < -0.39 is 5.91 Å². The van der Waals surface area contributed by atoms with Crippen molar-refractivity contribution in [2.24, 2.45) is 0 Å². The van der Waals surface area contributed by atoms with E-state index in [1.165, 1.54) is 33.5 Å². The number of rotatable bonds is 11. The van der Waals surface area contributed by atoms with E-state index in [1.54, 1.807) is 11.0 Å². The zero-order valence-electron chi connectivity index (χ0n) is 17.6. The Labute approximate surface area is 177 Å². The molecular formula is C23H28N2O5. The highest BCUT2D eigenvalue weighted by atomic mass is 16.5. The van der Waals surface area contributed by atoms with Crippen LogP contribution in [0.15, 0.2) is 55.1 Å². The minimum absolute atomic E-state index is 0.127. The Hall–Kier alpha value is -3.48. The van der Waals surface area contributed by atoms with Crippen LogP contribution in [0.1, 0.15) is 15.9 Å². The molecule has 0 atom stereocenters. The molecule has 2 aromatic carbocycles. The van der Waals surface area contributed by atoms with E-state index in [1.807, 2.05) is 30.3 Å². The van der Waals surface area contributed by atoms with Crippen molar-refractivity contribution in [3.63, 3.8) is 0 Å². The fraction of sp³-hybridized carbons (Fsp3) is 0.304. The van der Waals surface area contributed by atoms with Crippen LogP contribution in [0.3, 0.4) is 0 Å². The van der Waals surface area contributed by atoms with Gasteiger partial charge < -0.3 is 24.4 Å². The summed E-state index contributed by atoms with van der Waals surface area (Å²) in [6.45, 7) is 4.53. The maximum absolute atomic E-state index is 12.6. The van der Waals surface area contributed by atoms with Crippen molar-refractivity contribution in [2.45, 2.75) is 6.42 Å². The number of benzene rings is 2. The van der Waals surface area contributed by atoms with E-state index in [9.17, 15) is 9.59 Å². The lowest BCUT2D eigenvalue weighted by Gasteiger charge is -2.21. The Morgan fingerprint density at radius 1 is 1.03 bits per heavy atom. The predicted molar refractivity (Wildman–Crippen MR) is 115 cm³/mol. The van der Waals surface area contributed by atoms with Crippen molar-refractivity contribution in [1.82, 2.24) is 10.2 Å². The maximum Gasteiger partial charge on any atom is 0.251 e. The molecule has 0 bridgehead atoms. The standard InChI is InChI=1S/C23H28N2O5/c1-5-12-25(13-11-17-9-7-6-8-10-17)21(26)16-24-23(27)18-14-19(28-2)22(30-4)20(15-18)29-3/h5-10,14-15H,1,11-13,16H2,2-4H3,(H,24,27). The number of hydrogen-bond acceptors (Lipinski definition) is 5. The van der Waals surface area contributed by atoms with E-state index in [0.717, 1.165) is 12.0 Å². The van der Waals surface area contributed by atoms with Crippen LogP contribution in [-0.4, -0.2) is 57.7 Å². The fourth-order valence-electron chi connectivity index (χ4n) is 2.96. The van der Waals surface area contributed by atoms with E-state index in [4.69, 9.17) is 14.2 Å². The van der Waals surface area contributed by atoms with Crippen molar-refractivity contribution >= 4 is 11.8 Å². The molecule has 7 nitrogen and oxygen atoms in total. The van der Waals surface area contributed by atoms with Crippen molar-refractivity contribution in [3.8, 4) is 17.2 Å². The second-order valence-corrected chi connectivity index (χ2v) is 6.46. The average Bonchev–Trinajstić information content (AvgIpc) is 2.79. The number of nitrogens with one attached hydrogen (secondary N) is 1. The monoisotopic (exact) mass is 412 g/mol. The number of carbonyl (C=O) groups is 2. The summed E-state index contributed by atoms with van der Waals surface area (Å²) in [5, 5.41) is 2.66. The van der Waals surface area contributed by atoms with Crippen LogP contribution in [-0.2, 0) is 11.2 Å². The number of amides is 2. The third-order valence-corrected chi connectivity index (χ3v) is 4.54. The Morgan fingerprint density at radius 3 is 2.20 bits per heavy atom. The van der Waals surface area contributed by atoms with Crippen molar-refractivity contribution < 1.29 is 23.8 Å². The number of nitrogens with zero attached hydrogens (tertiary/aromatic N) is 1. The second-order valence-electron chi connectivity index (χ2n) is 6.46. The maximum atomic E-state index is 12.6. The van der Waals surface area contributed by atoms with E-state index >= 15 is 0 Å². The molecule has 2 rings (SSSR count). The molecule has 0 aromatic heterocycles. The van der Waals surface area contributed by atoms with Gasteiger partial charge in [0.25, 0.3) is 5.91 Å². The molecule has 1 N–H and O–H groups in total. The number of ether oxygens (including phenoxy) is 3. The lowest BCUT2D eigenvalue weighted by atomic mass is 10.1. The fourth-order valence-corrected chi connectivity index (χ4v) is 2.96. The molecule has 0 aliphatic heterocycles. The number of hydrogen-bond donors (Lipinski definition) is 1. The molecule has 0 fully saturated rings. The van der Waals surface area contributed by atoms with Crippen LogP contribution in [0, 0.1) is 0 Å². The molecule has 160 valence electrons. The third-order valence-electron chi connectivity index (χ3n) is 4.54. The summed E-state index contributed by atoms with van der Waals surface area (Å²) in [7, 11) is 4.44. The molecule has 0 aliphatic rings. The Balaban J connectivity index is 2.02. The van der Waals surface area contributed by atoms with Gasteiger partial charge in [-0.1, -0.05) is 36.4 Å². The number of methoxy groups -OCH3 is 3. The van der Waals surface area contributed by atoms with Gasteiger partial charge in [-0.2, -0.15) is 0 Å². The largest absolute Gasteiger partial charge is 0.493 e. The van der Waals surface area contributed by atoms with Gasteiger partial charge in [-0.15, -0.1) is 6.58 Å². The van der Waals surface area contributed by atoms with Gasteiger partial charge in [0.2, 0.25) is 11.7 Å². The molecule has 0 radical (unpaired) electrons. The van der Waals surface area contributed by atoms with Gasteiger partial charge in [-0.3, -0.25) is 9.59 Å². The highest BCUT2D eigenvalue weighted by Crippen LogP contribution is 2.38. The molecule has 7 heteroatoms. The first-order valence-corrected chi connectivity index (χ1v) is 9.54. The molecule has 0 saturated carbocycles. The lowest BCUT2D eigenvalue weighted by Crippen LogP contribution is -2.41. The van der Waals surface area contributed by atoms with E-state index in [0.29, 0.717) is 35.9 Å². The van der Waals surface area contributed by atoms with Gasteiger partial charge in [0.1, 0.15) is 0 Å². The summed E-state index contributed by atoms with van der Waals surface area (Å²) in [5.74, 6) is 0.524. The molecule has 2 amide bonds. The average molecular weight is 412 g/mol. The molecule has 30 heavy (non-hydrogen) atoms.